The number of benzene rings is 1. The second kappa shape index (κ2) is 9.20. The van der Waals surface area contributed by atoms with E-state index in [-0.39, 0.29) is 23.3 Å². The molecular weight excluding hydrogens is 468 g/mol. The van der Waals surface area contributed by atoms with Crippen molar-refractivity contribution in [3.05, 3.63) is 46.2 Å². The highest BCUT2D eigenvalue weighted by molar-refractivity contribution is 6.23. The predicted molar refractivity (Wildman–Crippen MR) is 127 cm³/mol. The van der Waals surface area contributed by atoms with E-state index in [4.69, 9.17) is 4.74 Å². The number of phenolic OH excluding ortho intramolecular Hbond substituents is 1. The maximum atomic E-state index is 13.8. The Kier molecular flexibility index (Phi) is 6.55. The van der Waals surface area contributed by atoms with Crippen LogP contribution in [0.4, 0.5) is 0 Å². The molecule has 4 N–H and O–H groups in total. The summed E-state index contributed by atoms with van der Waals surface area (Å²) < 4.78 is 5.82. The third kappa shape index (κ3) is 3.64. The molecule has 0 aliphatic heterocycles. The van der Waals surface area contributed by atoms with Crippen molar-refractivity contribution in [2.24, 2.45) is 11.8 Å². The van der Waals surface area contributed by atoms with Crippen LogP contribution < -0.4 is 0 Å². The smallest absolute Gasteiger partial charge is 0.306 e. The fourth-order valence-corrected chi connectivity index (χ4v) is 5.92. The molecule has 0 bridgehead atoms. The first-order chi connectivity index (χ1) is 17.0. The lowest BCUT2D eigenvalue weighted by molar-refractivity contribution is -0.178. The van der Waals surface area contributed by atoms with Crippen LogP contribution in [-0.2, 0) is 23.9 Å². The number of hydrogen-bond donors (Lipinski definition) is 4. The van der Waals surface area contributed by atoms with Crippen molar-refractivity contribution in [1.82, 2.24) is 0 Å². The van der Waals surface area contributed by atoms with Gasteiger partial charge in [0.1, 0.15) is 28.9 Å². The van der Waals surface area contributed by atoms with Gasteiger partial charge in [-0.1, -0.05) is 38.8 Å². The molecule has 1 fully saturated rings. The van der Waals surface area contributed by atoms with Crippen molar-refractivity contribution < 1.29 is 44.3 Å². The first kappa shape index (κ1) is 25.6. The first-order valence-electron chi connectivity index (χ1n) is 12.2. The molecule has 3 aliphatic rings. The largest absolute Gasteiger partial charge is 0.508 e. The SMILES string of the molecule is CCCCCC(=O)O[C@H]1[C@H]2C(=C(O)c3c(O)cccc3[C@@H]2C)C(=O)[C@]2(O)C(O)=C(C(C)=O)C(=O)C[C@H]12. The van der Waals surface area contributed by atoms with Crippen LogP contribution in [0.3, 0.4) is 0 Å². The molecule has 0 unspecified atom stereocenters. The molecular formula is C27H30O9. The van der Waals surface area contributed by atoms with E-state index in [2.05, 4.69) is 0 Å². The number of aromatic hydroxyl groups is 1. The van der Waals surface area contributed by atoms with E-state index in [1.165, 1.54) is 6.07 Å². The molecule has 3 aliphatic carbocycles. The van der Waals surface area contributed by atoms with Gasteiger partial charge in [0.15, 0.2) is 17.2 Å². The standard InChI is InChI=1S/C27H30O9/c1-4-5-6-10-18(31)36-24-15-11-17(30)20(13(3)28)25(33)27(15,35)26(34)22-19(24)12(2)14-8-7-9-16(29)21(14)23(22)32/h7-9,12,15,19,24,29,32-33,35H,4-6,10-11H2,1-3H3/t12-,15+,19+,24+,27+/m0/s1. The van der Waals surface area contributed by atoms with Gasteiger partial charge in [-0.2, -0.15) is 0 Å². The van der Waals surface area contributed by atoms with Crippen LogP contribution in [0.1, 0.15) is 69.9 Å². The Balaban J connectivity index is 1.94. The summed E-state index contributed by atoms with van der Waals surface area (Å²) in [4.78, 5) is 51.6. The highest BCUT2D eigenvalue weighted by Gasteiger charge is 2.66. The van der Waals surface area contributed by atoms with Gasteiger partial charge in [-0.3, -0.25) is 19.2 Å². The number of ether oxygens (including phenoxy) is 1. The van der Waals surface area contributed by atoms with Gasteiger partial charge in [0.25, 0.3) is 0 Å². The van der Waals surface area contributed by atoms with Crippen LogP contribution in [0, 0.1) is 11.8 Å². The average Bonchev–Trinajstić information content (AvgIpc) is 2.81. The number of allylic oxidation sites excluding steroid dienone is 1. The highest BCUT2D eigenvalue weighted by atomic mass is 16.5. The third-order valence-corrected chi connectivity index (χ3v) is 7.69. The average molecular weight is 499 g/mol. The van der Waals surface area contributed by atoms with Gasteiger partial charge in [0.05, 0.1) is 5.56 Å². The van der Waals surface area contributed by atoms with Crippen molar-refractivity contribution in [3.63, 3.8) is 0 Å². The fourth-order valence-electron chi connectivity index (χ4n) is 5.92. The quantitative estimate of drug-likeness (QED) is 0.262. The maximum absolute atomic E-state index is 13.8. The molecule has 1 aromatic carbocycles. The highest BCUT2D eigenvalue weighted by Crippen LogP contribution is 2.56. The third-order valence-electron chi connectivity index (χ3n) is 7.69. The number of rotatable bonds is 6. The van der Waals surface area contributed by atoms with Crippen LogP contribution in [0.2, 0.25) is 0 Å². The van der Waals surface area contributed by atoms with Crippen LogP contribution in [0.5, 0.6) is 5.75 Å². The van der Waals surface area contributed by atoms with Gasteiger partial charge in [-0.15, -0.1) is 0 Å². The molecule has 4 rings (SSSR count). The number of aliphatic hydroxyl groups is 3. The zero-order valence-corrected chi connectivity index (χ0v) is 20.4. The Bertz CT molecular complexity index is 1220. The summed E-state index contributed by atoms with van der Waals surface area (Å²) in [5.74, 6) is -8.23. The van der Waals surface area contributed by atoms with E-state index in [1.807, 2.05) is 6.92 Å². The number of carbonyl (C=O) groups excluding carboxylic acids is 4. The van der Waals surface area contributed by atoms with E-state index in [0.717, 1.165) is 19.8 Å². The van der Waals surface area contributed by atoms with Crippen molar-refractivity contribution in [2.75, 3.05) is 0 Å². The minimum Gasteiger partial charge on any atom is -0.508 e. The van der Waals surface area contributed by atoms with Crippen LogP contribution in [-0.4, -0.2) is 55.5 Å². The van der Waals surface area contributed by atoms with E-state index in [9.17, 15) is 39.6 Å². The zero-order chi connectivity index (χ0) is 26.5. The summed E-state index contributed by atoms with van der Waals surface area (Å²) in [6, 6.07) is 4.58. The number of aliphatic hydroxyl groups excluding tert-OH is 2. The number of esters is 1. The molecule has 0 heterocycles. The van der Waals surface area contributed by atoms with Crippen LogP contribution in [0.15, 0.2) is 35.1 Å². The molecule has 9 nitrogen and oxygen atoms in total. The molecule has 36 heavy (non-hydrogen) atoms. The normalized spacial score (nSPS) is 29.4. The Labute approximate surface area is 208 Å². The van der Waals surface area contributed by atoms with E-state index >= 15 is 0 Å². The Morgan fingerprint density at radius 2 is 1.83 bits per heavy atom. The summed E-state index contributed by atoms with van der Waals surface area (Å²) in [6.07, 6.45) is 0.492. The second-order valence-electron chi connectivity index (χ2n) is 9.84. The number of phenols is 1. The summed E-state index contributed by atoms with van der Waals surface area (Å²) in [7, 11) is 0. The number of unbranched alkanes of at least 4 members (excludes halogenated alkanes) is 2. The molecule has 0 saturated heterocycles. The Morgan fingerprint density at radius 3 is 2.47 bits per heavy atom. The molecule has 0 amide bonds. The van der Waals surface area contributed by atoms with Gasteiger partial charge < -0.3 is 25.2 Å². The number of Topliss-reactive ketones (excluding diaryl/α,β-unsaturated/α-hetero) is 3. The van der Waals surface area contributed by atoms with E-state index in [0.29, 0.717) is 12.0 Å². The summed E-state index contributed by atoms with van der Waals surface area (Å²) >= 11 is 0. The number of ketones is 3. The molecule has 5 atom stereocenters. The fraction of sp³-hybridized carbons (Fsp3) is 0.481. The van der Waals surface area contributed by atoms with Crippen molar-refractivity contribution in [1.29, 1.82) is 0 Å². The van der Waals surface area contributed by atoms with Crippen molar-refractivity contribution >= 4 is 29.1 Å². The first-order valence-corrected chi connectivity index (χ1v) is 12.2. The molecule has 1 saturated carbocycles. The Morgan fingerprint density at radius 1 is 1.14 bits per heavy atom. The summed E-state index contributed by atoms with van der Waals surface area (Å²) in [5, 5.41) is 44.2. The zero-order valence-electron chi connectivity index (χ0n) is 20.4. The lowest BCUT2D eigenvalue weighted by Crippen LogP contribution is -2.64. The maximum Gasteiger partial charge on any atom is 0.306 e. The topological polar surface area (TPSA) is 158 Å². The number of fused-ring (bicyclic) bond motifs is 3. The monoisotopic (exact) mass is 498 g/mol. The van der Waals surface area contributed by atoms with Gasteiger partial charge in [0, 0.05) is 30.3 Å². The molecule has 1 aromatic rings. The summed E-state index contributed by atoms with van der Waals surface area (Å²) in [6.45, 7) is 4.73. The van der Waals surface area contributed by atoms with Gasteiger partial charge in [-0.05, 0) is 30.9 Å². The van der Waals surface area contributed by atoms with E-state index < -0.39 is 76.3 Å². The summed E-state index contributed by atoms with van der Waals surface area (Å²) in [5.41, 5.74) is -3.30. The van der Waals surface area contributed by atoms with Gasteiger partial charge >= 0.3 is 5.97 Å². The molecule has 0 spiro atoms. The number of hydrogen-bond acceptors (Lipinski definition) is 9. The lowest BCUT2D eigenvalue weighted by atomic mass is 9.55. The van der Waals surface area contributed by atoms with Crippen molar-refractivity contribution in [3.8, 4) is 5.75 Å². The minimum absolute atomic E-state index is 0.00168. The number of carbonyl (C=O) groups is 4. The Hall–Kier alpha value is -3.46. The second-order valence-corrected chi connectivity index (χ2v) is 9.84. The van der Waals surface area contributed by atoms with Gasteiger partial charge in [0.2, 0.25) is 5.78 Å². The minimum atomic E-state index is -2.77. The molecule has 9 heteroatoms. The molecule has 0 aromatic heterocycles. The predicted octanol–water partition coefficient (Wildman–Crippen LogP) is 3.19. The van der Waals surface area contributed by atoms with Crippen LogP contribution >= 0.6 is 0 Å². The molecule has 0 radical (unpaired) electrons. The lowest BCUT2D eigenvalue weighted by Gasteiger charge is -2.51. The van der Waals surface area contributed by atoms with E-state index in [1.54, 1.807) is 19.1 Å². The van der Waals surface area contributed by atoms with Crippen LogP contribution in [0.25, 0.3) is 5.76 Å². The molecule has 192 valence electrons. The van der Waals surface area contributed by atoms with Crippen molar-refractivity contribution in [2.45, 2.75) is 70.5 Å². The van der Waals surface area contributed by atoms with Gasteiger partial charge in [-0.25, -0.2) is 0 Å².